The van der Waals surface area contributed by atoms with Gasteiger partial charge in [-0.15, -0.1) is 11.8 Å². The van der Waals surface area contributed by atoms with Gasteiger partial charge in [-0.1, -0.05) is 30.3 Å². The molecule has 1 aliphatic rings. The van der Waals surface area contributed by atoms with Gasteiger partial charge in [-0.05, 0) is 18.2 Å². The number of fused-ring (bicyclic) bond motifs is 1. The molecule has 0 saturated carbocycles. The van der Waals surface area contributed by atoms with Crippen LogP contribution in [0.4, 0.5) is 5.69 Å². The van der Waals surface area contributed by atoms with E-state index in [1.807, 2.05) is 23.9 Å². The van der Waals surface area contributed by atoms with Gasteiger partial charge in [0.1, 0.15) is 12.6 Å². The Kier molecular flexibility index (Phi) is 4.80. The largest absolute Gasteiger partial charge is 0.336 e. The molecule has 4 heteroatoms. The molecule has 22 heavy (non-hydrogen) atoms. The van der Waals surface area contributed by atoms with Gasteiger partial charge in [-0.3, -0.25) is 4.79 Å². The van der Waals surface area contributed by atoms with Crippen LogP contribution >= 0.6 is 11.8 Å². The lowest BCUT2D eigenvalue weighted by molar-refractivity contribution is -0.711. The Hall–Kier alpha value is -1.78. The first-order valence-electron chi connectivity index (χ1n) is 7.64. The van der Waals surface area contributed by atoms with E-state index in [0.29, 0.717) is 6.04 Å². The quantitative estimate of drug-likeness (QED) is 0.911. The summed E-state index contributed by atoms with van der Waals surface area (Å²) in [6, 6.07) is 17.4. The summed E-state index contributed by atoms with van der Waals surface area (Å²) in [5.41, 5.74) is 3.61. The third-order valence-corrected chi connectivity index (χ3v) is 5.04. The van der Waals surface area contributed by atoms with E-state index in [1.54, 1.807) is 0 Å². The maximum Gasteiger partial charge on any atom is 0.221 e. The van der Waals surface area contributed by atoms with Crippen LogP contribution in [0.2, 0.25) is 0 Å². The van der Waals surface area contributed by atoms with Gasteiger partial charge < -0.3 is 10.6 Å². The minimum absolute atomic E-state index is 0.0318. The fraction of sp³-hybridized carbons (Fsp3) is 0.278. The molecule has 2 aromatic carbocycles. The first-order valence-corrected chi connectivity index (χ1v) is 8.62. The standard InChI is InChI=1S/C18H20N2OS/c1-13(21)20-15-8-6-14(7-9-15)12-19-17-10-11-22-18-5-3-2-4-16(17)18/h2-9,17,19H,10-12H2,1H3,(H,20,21)/p+1/t17-/m0/s1. The van der Waals surface area contributed by atoms with Crippen LogP contribution in [-0.2, 0) is 11.3 Å². The molecule has 0 bridgehead atoms. The summed E-state index contributed by atoms with van der Waals surface area (Å²) in [4.78, 5) is 12.5. The average Bonchev–Trinajstić information content (AvgIpc) is 2.54. The van der Waals surface area contributed by atoms with E-state index >= 15 is 0 Å². The summed E-state index contributed by atoms with van der Waals surface area (Å²) in [6.45, 7) is 2.49. The molecule has 1 heterocycles. The van der Waals surface area contributed by atoms with E-state index in [0.717, 1.165) is 12.2 Å². The van der Waals surface area contributed by atoms with Crippen LogP contribution in [0.3, 0.4) is 0 Å². The molecule has 1 atom stereocenters. The SMILES string of the molecule is CC(=O)Nc1ccc(C[NH2+][C@H]2CCSc3ccccc32)cc1. The summed E-state index contributed by atoms with van der Waals surface area (Å²) < 4.78 is 0. The number of benzene rings is 2. The van der Waals surface area contributed by atoms with E-state index in [-0.39, 0.29) is 5.91 Å². The number of amides is 1. The van der Waals surface area contributed by atoms with Crippen molar-refractivity contribution in [3.8, 4) is 0 Å². The summed E-state index contributed by atoms with van der Waals surface area (Å²) in [5, 5.41) is 5.22. The topological polar surface area (TPSA) is 45.7 Å². The molecule has 0 aliphatic carbocycles. The van der Waals surface area contributed by atoms with Crippen molar-refractivity contribution in [2.75, 3.05) is 11.1 Å². The zero-order chi connectivity index (χ0) is 15.4. The molecule has 0 radical (unpaired) electrons. The van der Waals surface area contributed by atoms with Gasteiger partial charge >= 0.3 is 0 Å². The minimum atomic E-state index is -0.0318. The van der Waals surface area contributed by atoms with Gasteiger partial charge in [0.2, 0.25) is 5.91 Å². The maximum absolute atomic E-state index is 11.0. The summed E-state index contributed by atoms with van der Waals surface area (Å²) in [7, 11) is 0. The van der Waals surface area contributed by atoms with E-state index < -0.39 is 0 Å². The van der Waals surface area contributed by atoms with Crippen molar-refractivity contribution in [2.45, 2.75) is 30.8 Å². The lowest BCUT2D eigenvalue weighted by Crippen LogP contribution is -2.84. The third-order valence-electron chi connectivity index (χ3n) is 3.92. The molecule has 114 valence electrons. The molecule has 0 aromatic heterocycles. The lowest BCUT2D eigenvalue weighted by atomic mass is 10.0. The Morgan fingerprint density at radius 2 is 2.00 bits per heavy atom. The molecule has 0 saturated heterocycles. The van der Waals surface area contributed by atoms with Crippen LogP contribution < -0.4 is 10.6 Å². The highest BCUT2D eigenvalue weighted by Crippen LogP contribution is 2.33. The number of quaternary nitrogens is 1. The zero-order valence-corrected chi connectivity index (χ0v) is 13.5. The van der Waals surface area contributed by atoms with Gasteiger partial charge in [-0.2, -0.15) is 0 Å². The van der Waals surface area contributed by atoms with Gasteiger partial charge in [0.25, 0.3) is 0 Å². The number of carbonyl (C=O) groups excluding carboxylic acids is 1. The first kappa shape index (κ1) is 15.1. The number of anilines is 1. The highest BCUT2D eigenvalue weighted by molar-refractivity contribution is 7.99. The second kappa shape index (κ2) is 6.99. The summed E-state index contributed by atoms with van der Waals surface area (Å²) in [5.74, 6) is 1.16. The minimum Gasteiger partial charge on any atom is -0.336 e. The third kappa shape index (κ3) is 3.70. The van der Waals surface area contributed by atoms with Crippen LogP contribution in [0.1, 0.15) is 30.5 Å². The van der Waals surface area contributed by atoms with Crippen molar-refractivity contribution in [1.29, 1.82) is 0 Å². The fourth-order valence-electron chi connectivity index (χ4n) is 2.82. The van der Waals surface area contributed by atoms with Gasteiger partial charge in [-0.25, -0.2) is 0 Å². The summed E-state index contributed by atoms with van der Waals surface area (Å²) in [6.07, 6.45) is 1.21. The first-order chi connectivity index (χ1) is 10.7. The number of rotatable bonds is 4. The normalized spacial score (nSPS) is 16.9. The van der Waals surface area contributed by atoms with Crippen molar-refractivity contribution in [1.82, 2.24) is 0 Å². The average molecular weight is 313 g/mol. The van der Waals surface area contributed by atoms with Crippen molar-refractivity contribution in [2.24, 2.45) is 0 Å². The number of nitrogens with one attached hydrogen (secondary N) is 1. The Bertz CT molecular complexity index is 654. The highest BCUT2D eigenvalue weighted by Gasteiger charge is 2.22. The predicted molar refractivity (Wildman–Crippen MR) is 90.9 cm³/mol. The van der Waals surface area contributed by atoms with E-state index in [2.05, 4.69) is 47.0 Å². The molecule has 2 aromatic rings. The molecular weight excluding hydrogens is 292 g/mol. The van der Waals surface area contributed by atoms with Crippen LogP contribution in [-0.4, -0.2) is 11.7 Å². The molecule has 0 fully saturated rings. The smallest absolute Gasteiger partial charge is 0.221 e. The molecular formula is C18H21N2OS+. The zero-order valence-electron chi connectivity index (χ0n) is 12.7. The van der Waals surface area contributed by atoms with Gasteiger partial charge in [0.05, 0.1) is 0 Å². The summed E-state index contributed by atoms with van der Waals surface area (Å²) >= 11 is 1.96. The lowest BCUT2D eigenvalue weighted by Gasteiger charge is -2.23. The molecule has 0 spiro atoms. The van der Waals surface area contributed by atoms with Crippen molar-refractivity contribution < 1.29 is 10.1 Å². The number of hydrogen-bond acceptors (Lipinski definition) is 2. The van der Waals surface area contributed by atoms with Crippen LogP contribution in [0.5, 0.6) is 0 Å². The van der Waals surface area contributed by atoms with Crippen LogP contribution in [0.25, 0.3) is 0 Å². The highest BCUT2D eigenvalue weighted by atomic mass is 32.2. The van der Waals surface area contributed by atoms with Crippen molar-refractivity contribution >= 4 is 23.4 Å². The molecule has 0 unspecified atom stereocenters. The Labute approximate surface area is 135 Å². The second-order valence-corrected chi connectivity index (χ2v) is 6.74. The number of nitrogens with two attached hydrogens (primary N) is 1. The Morgan fingerprint density at radius 1 is 1.23 bits per heavy atom. The molecule has 1 aliphatic heterocycles. The fourth-order valence-corrected chi connectivity index (χ4v) is 3.97. The number of hydrogen-bond donors (Lipinski definition) is 2. The monoisotopic (exact) mass is 313 g/mol. The van der Waals surface area contributed by atoms with E-state index in [1.165, 1.54) is 35.1 Å². The second-order valence-electron chi connectivity index (χ2n) is 5.60. The number of thioether (sulfide) groups is 1. The number of carbonyl (C=O) groups is 1. The Balaban J connectivity index is 1.62. The van der Waals surface area contributed by atoms with E-state index in [4.69, 9.17) is 0 Å². The van der Waals surface area contributed by atoms with Crippen molar-refractivity contribution in [3.63, 3.8) is 0 Å². The molecule has 3 rings (SSSR count). The predicted octanol–water partition coefficient (Wildman–Crippen LogP) is 2.95. The van der Waals surface area contributed by atoms with E-state index in [9.17, 15) is 4.79 Å². The van der Waals surface area contributed by atoms with Crippen LogP contribution in [0, 0.1) is 0 Å². The maximum atomic E-state index is 11.0. The Morgan fingerprint density at radius 3 is 2.77 bits per heavy atom. The molecule has 1 amide bonds. The van der Waals surface area contributed by atoms with Crippen molar-refractivity contribution in [3.05, 3.63) is 59.7 Å². The molecule has 3 nitrogen and oxygen atoms in total. The molecule has 3 N–H and O–H groups in total. The van der Waals surface area contributed by atoms with Gasteiger partial charge in [0, 0.05) is 40.8 Å². The van der Waals surface area contributed by atoms with Crippen LogP contribution in [0.15, 0.2) is 53.4 Å². The van der Waals surface area contributed by atoms with Gasteiger partial charge in [0.15, 0.2) is 0 Å².